The van der Waals surface area contributed by atoms with Gasteiger partial charge in [-0.25, -0.2) is 0 Å². The molecule has 14 heavy (non-hydrogen) atoms. The van der Waals surface area contributed by atoms with Gasteiger partial charge in [0.25, 0.3) is 0 Å². The van der Waals surface area contributed by atoms with E-state index in [4.69, 9.17) is 15.3 Å². The van der Waals surface area contributed by atoms with Gasteiger partial charge in [-0.1, -0.05) is 0 Å². The second-order valence-electron chi connectivity index (χ2n) is 2.91. The molecule has 0 fully saturated rings. The summed E-state index contributed by atoms with van der Waals surface area (Å²) in [5.41, 5.74) is 0.440. The molecule has 1 rings (SSSR count). The van der Waals surface area contributed by atoms with Gasteiger partial charge in [0, 0.05) is 11.8 Å². The third kappa shape index (κ3) is 2.29. The molecule has 0 spiro atoms. The molecule has 0 saturated heterocycles. The van der Waals surface area contributed by atoms with Crippen molar-refractivity contribution in [2.45, 2.75) is 13.0 Å². The van der Waals surface area contributed by atoms with Crippen LogP contribution in [0, 0.1) is 0 Å². The minimum atomic E-state index is -0.988. The summed E-state index contributed by atoms with van der Waals surface area (Å²) in [5.74, 6) is -1.51. The summed E-state index contributed by atoms with van der Waals surface area (Å²) in [6, 6.07) is 3.27. The van der Waals surface area contributed by atoms with E-state index in [1.54, 1.807) is 0 Å². The van der Waals surface area contributed by atoms with Crippen molar-refractivity contribution in [3.63, 3.8) is 0 Å². The van der Waals surface area contributed by atoms with Crippen molar-refractivity contribution < 1.29 is 20.1 Å². The quantitative estimate of drug-likeness (QED) is 0.428. The largest absolute Gasteiger partial charge is 0.504 e. The van der Waals surface area contributed by atoms with Gasteiger partial charge in [-0.15, -0.1) is 0 Å². The number of phenols is 2. The third-order valence-corrected chi connectivity index (χ3v) is 1.73. The van der Waals surface area contributed by atoms with Crippen LogP contribution >= 0.6 is 0 Å². The standard InChI is InChI=1S/C9H11NO4/c1-5(9(13)14)10-6-2-3-7(11)8(12)4-6/h2-5,10-12H,1H3,(H,13,14). The highest BCUT2D eigenvalue weighted by Crippen LogP contribution is 2.27. The number of hydrogen-bond acceptors (Lipinski definition) is 4. The molecule has 0 amide bonds. The number of rotatable bonds is 3. The summed E-state index contributed by atoms with van der Waals surface area (Å²) in [6.07, 6.45) is 0. The summed E-state index contributed by atoms with van der Waals surface area (Å²) in [4.78, 5) is 10.5. The van der Waals surface area contributed by atoms with Gasteiger partial charge in [0.15, 0.2) is 11.5 Å². The molecule has 76 valence electrons. The topological polar surface area (TPSA) is 89.8 Å². The lowest BCUT2D eigenvalue weighted by Gasteiger charge is -2.10. The van der Waals surface area contributed by atoms with E-state index in [0.29, 0.717) is 5.69 Å². The van der Waals surface area contributed by atoms with Crippen LogP contribution in [0.4, 0.5) is 5.69 Å². The molecule has 5 nitrogen and oxygen atoms in total. The van der Waals surface area contributed by atoms with Gasteiger partial charge in [0.1, 0.15) is 6.04 Å². The number of anilines is 1. The van der Waals surface area contributed by atoms with Gasteiger partial charge in [-0.05, 0) is 19.1 Å². The fourth-order valence-electron chi connectivity index (χ4n) is 0.925. The summed E-state index contributed by atoms with van der Waals surface area (Å²) in [7, 11) is 0. The Balaban J connectivity index is 2.78. The molecule has 1 atom stereocenters. The third-order valence-electron chi connectivity index (χ3n) is 1.73. The number of benzene rings is 1. The highest BCUT2D eigenvalue weighted by atomic mass is 16.4. The molecule has 0 heterocycles. The van der Waals surface area contributed by atoms with Gasteiger partial charge in [0.05, 0.1) is 0 Å². The van der Waals surface area contributed by atoms with Crippen LogP contribution in [0.1, 0.15) is 6.92 Å². The van der Waals surface area contributed by atoms with Gasteiger partial charge in [-0.2, -0.15) is 0 Å². The van der Waals surface area contributed by atoms with E-state index in [0.717, 1.165) is 0 Å². The average Bonchev–Trinajstić information content (AvgIpc) is 2.11. The van der Waals surface area contributed by atoms with E-state index < -0.39 is 12.0 Å². The summed E-state index contributed by atoms with van der Waals surface area (Å²) in [6.45, 7) is 1.48. The smallest absolute Gasteiger partial charge is 0.325 e. The van der Waals surface area contributed by atoms with E-state index in [1.165, 1.54) is 25.1 Å². The molecule has 1 unspecified atom stereocenters. The minimum absolute atomic E-state index is 0.237. The maximum atomic E-state index is 10.5. The molecule has 0 saturated carbocycles. The molecule has 0 aromatic heterocycles. The van der Waals surface area contributed by atoms with E-state index >= 15 is 0 Å². The zero-order valence-electron chi connectivity index (χ0n) is 7.56. The molecule has 0 aliphatic rings. The fraction of sp³-hybridized carbons (Fsp3) is 0.222. The van der Waals surface area contributed by atoms with E-state index in [2.05, 4.69) is 5.32 Å². The molecular weight excluding hydrogens is 186 g/mol. The van der Waals surface area contributed by atoms with Crippen LogP contribution in [0.2, 0.25) is 0 Å². The van der Waals surface area contributed by atoms with Crippen LogP contribution in [0.25, 0.3) is 0 Å². The Morgan fingerprint density at radius 3 is 2.50 bits per heavy atom. The van der Waals surface area contributed by atoms with Crippen molar-refractivity contribution in [3.8, 4) is 11.5 Å². The van der Waals surface area contributed by atoms with Gasteiger partial charge >= 0.3 is 5.97 Å². The van der Waals surface area contributed by atoms with Crippen LogP contribution < -0.4 is 5.32 Å². The first kappa shape index (κ1) is 10.2. The summed E-state index contributed by atoms with van der Waals surface area (Å²) in [5, 5.41) is 29.3. The maximum absolute atomic E-state index is 10.5. The Kier molecular flexibility index (Phi) is 2.81. The Labute approximate surface area is 80.6 Å². The van der Waals surface area contributed by atoms with Crippen molar-refractivity contribution in [2.24, 2.45) is 0 Å². The number of phenolic OH excluding ortho intramolecular Hbond substituents is 2. The molecule has 1 aromatic rings. The van der Waals surface area contributed by atoms with E-state index in [1.807, 2.05) is 0 Å². The molecule has 0 aliphatic heterocycles. The van der Waals surface area contributed by atoms with Gasteiger partial charge in [0.2, 0.25) is 0 Å². The van der Waals surface area contributed by atoms with Crippen molar-refractivity contribution in [3.05, 3.63) is 18.2 Å². The number of aromatic hydroxyl groups is 2. The Bertz CT molecular complexity index is 351. The number of carbonyl (C=O) groups is 1. The predicted octanol–water partition coefficient (Wildman–Crippen LogP) is 0.983. The van der Waals surface area contributed by atoms with Crippen LogP contribution in [-0.2, 0) is 4.79 Å². The van der Waals surface area contributed by atoms with Crippen LogP contribution in [0.5, 0.6) is 11.5 Å². The minimum Gasteiger partial charge on any atom is -0.504 e. The average molecular weight is 197 g/mol. The predicted molar refractivity (Wildman–Crippen MR) is 50.5 cm³/mol. The van der Waals surface area contributed by atoms with Crippen molar-refractivity contribution >= 4 is 11.7 Å². The van der Waals surface area contributed by atoms with Crippen LogP contribution in [-0.4, -0.2) is 27.3 Å². The Morgan fingerprint density at radius 1 is 1.36 bits per heavy atom. The van der Waals surface area contributed by atoms with Crippen molar-refractivity contribution in [2.75, 3.05) is 5.32 Å². The number of aliphatic carboxylic acids is 1. The van der Waals surface area contributed by atoms with Gasteiger partial charge in [-0.3, -0.25) is 4.79 Å². The number of nitrogens with one attached hydrogen (secondary N) is 1. The van der Waals surface area contributed by atoms with Crippen molar-refractivity contribution in [1.29, 1.82) is 0 Å². The molecule has 0 aliphatic carbocycles. The lowest BCUT2D eigenvalue weighted by Crippen LogP contribution is -2.25. The van der Waals surface area contributed by atoms with Crippen molar-refractivity contribution in [1.82, 2.24) is 0 Å². The first-order valence-corrected chi connectivity index (χ1v) is 4.02. The van der Waals surface area contributed by atoms with Crippen LogP contribution in [0.3, 0.4) is 0 Å². The van der Waals surface area contributed by atoms with Gasteiger partial charge < -0.3 is 20.6 Å². The zero-order valence-corrected chi connectivity index (χ0v) is 7.56. The summed E-state index contributed by atoms with van der Waals surface area (Å²) >= 11 is 0. The normalized spacial score (nSPS) is 12.1. The molecular formula is C9H11NO4. The highest BCUT2D eigenvalue weighted by Gasteiger charge is 2.10. The first-order chi connectivity index (χ1) is 6.50. The lowest BCUT2D eigenvalue weighted by atomic mass is 10.2. The Hall–Kier alpha value is -1.91. The second-order valence-corrected chi connectivity index (χ2v) is 2.91. The summed E-state index contributed by atoms with van der Waals surface area (Å²) < 4.78 is 0. The lowest BCUT2D eigenvalue weighted by molar-refractivity contribution is -0.137. The molecule has 1 aromatic carbocycles. The Morgan fingerprint density at radius 2 is 2.00 bits per heavy atom. The molecule has 5 heteroatoms. The maximum Gasteiger partial charge on any atom is 0.325 e. The molecule has 4 N–H and O–H groups in total. The van der Waals surface area contributed by atoms with Crippen LogP contribution in [0.15, 0.2) is 18.2 Å². The molecule has 0 bridgehead atoms. The number of hydrogen-bond donors (Lipinski definition) is 4. The zero-order chi connectivity index (χ0) is 10.7. The second kappa shape index (κ2) is 3.87. The monoisotopic (exact) mass is 197 g/mol. The first-order valence-electron chi connectivity index (χ1n) is 4.02. The fourth-order valence-corrected chi connectivity index (χ4v) is 0.925. The molecule has 0 radical (unpaired) electrons. The highest BCUT2D eigenvalue weighted by molar-refractivity contribution is 5.77. The van der Waals surface area contributed by atoms with E-state index in [-0.39, 0.29) is 11.5 Å². The SMILES string of the molecule is CC(Nc1ccc(O)c(O)c1)C(=O)O. The number of carboxylic acids is 1. The van der Waals surface area contributed by atoms with E-state index in [9.17, 15) is 4.79 Å². The number of carboxylic acid groups (broad SMARTS) is 1.